The molecular formula is C18H21BrN2O3S. The van der Waals surface area contributed by atoms with Crippen LogP contribution in [0.4, 0.5) is 11.4 Å². The topological polar surface area (TPSA) is 66.5 Å². The SMILES string of the molecule is CCC(C(=O)Nc1ccccc1Br)N(c1cccc(C)c1)S(C)(=O)=O. The van der Waals surface area contributed by atoms with Gasteiger partial charge < -0.3 is 5.32 Å². The van der Waals surface area contributed by atoms with Crippen LogP contribution in [0.2, 0.25) is 0 Å². The zero-order chi connectivity index (χ0) is 18.6. The molecule has 1 atom stereocenters. The maximum atomic E-state index is 12.8. The van der Waals surface area contributed by atoms with Gasteiger partial charge in [-0.05, 0) is 59.1 Å². The lowest BCUT2D eigenvalue weighted by Gasteiger charge is -2.30. The summed E-state index contributed by atoms with van der Waals surface area (Å²) in [6, 6.07) is 13.5. The molecule has 2 rings (SSSR count). The van der Waals surface area contributed by atoms with Crippen LogP contribution in [0, 0.1) is 6.92 Å². The highest BCUT2D eigenvalue weighted by Gasteiger charge is 2.31. The Morgan fingerprint density at radius 3 is 2.44 bits per heavy atom. The Labute approximate surface area is 157 Å². The maximum Gasteiger partial charge on any atom is 0.248 e. The minimum absolute atomic E-state index is 0.345. The van der Waals surface area contributed by atoms with E-state index in [0.717, 1.165) is 16.3 Å². The van der Waals surface area contributed by atoms with Crippen molar-refractivity contribution in [3.8, 4) is 0 Å². The highest BCUT2D eigenvalue weighted by Crippen LogP contribution is 2.26. The molecule has 2 aromatic carbocycles. The van der Waals surface area contributed by atoms with Gasteiger partial charge in [-0.2, -0.15) is 0 Å². The number of carbonyl (C=O) groups is 1. The molecule has 1 unspecified atom stereocenters. The molecular weight excluding hydrogens is 404 g/mol. The molecule has 0 aliphatic heterocycles. The maximum absolute atomic E-state index is 12.8. The van der Waals surface area contributed by atoms with Gasteiger partial charge in [0.1, 0.15) is 6.04 Å². The molecule has 0 radical (unpaired) electrons. The van der Waals surface area contributed by atoms with Crippen LogP contribution < -0.4 is 9.62 Å². The van der Waals surface area contributed by atoms with Gasteiger partial charge >= 0.3 is 0 Å². The van der Waals surface area contributed by atoms with Crippen LogP contribution in [0.15, 0.2) is 53.0 Å². The Hall–Kier alpha value is -1.86. The molecule has 0 spiro atoms. The third-order valence-corrected chi connectivity index (χ3v) is 5.59. The van der Waals surface area contributed by atoms with Gasteiger partial charge in [-0.25, -0.2) is 8.42 Å². The molecule has 0 saturated carbocycles. The second-order valence-corrected chi connectivity index (χ2v) is 8.50. The molecule has 7 heteroatoms. The Kier molecular flexibility index (Phi) is 6.24. The lowest BCUT2D eigenvalue weighted by atomic mass is 10.1. The van der Waals surface area contributed by atoms with Gasteiger partial charge in [0.2, 0.25) is 15.9 Å². The number of hydrogen-bond donors (Lipinski definition) is 1. The fourth-order valence-electron chi connectivity index (χ4n) is 2.60. The summed E-state index contributed by atoms with van der Waals surface area (Å²) in [6.07, 6.45) is 1.46. The molecule has 0 aromatic heterocycles. The average molecular weight is 425 g/mol. The van der Waals surface area contributed by atoms with Crippen LogP contribution in [0.1, 0.15) is 18.9 Å². The first-order chi connectivity index (χ1) is 11.7. The number of para-hydroxylation sites is 1. The second kappa shape index (κ2) is 8.01. The number of rotatable bonds is 6. The summed E-state index contributed by atoms with van der Waals surface area (Å²) >= 11 is 3.38. The predicted molar refractivity (Wildman–Crippen MR) is 105 cm³/mol. The standard InChI is InChI=1S/C18H21BrN2O3S/c1-4-17(18(22)20-16-11-6-5-10-15(16)19)21(25(3,23)24)14-9-7-8-13(2)12-14/h5-12,17H,4H2,1-3H3,(H,20,22). The van der Waals surface area contributed by atoms with E-state index in [1.165, 1.54) is 4.31 Å². The van der Waals surface area contributed by atoms with Crippen molar-refractivity contribution in [3.63, 3.8) is 0 Å². The largest absolute Gasteiger partial charge is 0.323 e. The minimum Gasteiger partial charge on any atom is -0.323 e. The number of sulfonamides is 1. The first kappa shape index (κ1) is 19.5. The zero-order valence-corrected chi connectivity index (χ0v) is 16.8. The van der Waals surface area contributed by atoms with Crippen molar-refractivity contribution in [1.82, 2.24) is 0 Å². The summed E-state index contributed by atoms with van der Waals surface area (Å²) in [4.78, 5) is 12.8. The van der Waals surface area contributed by atoms with Gasteiger partial charge in [-0.3, -0.25) is 9.10 Å². The monoisotopic (exact) mass is 424 g/mol. The zero-order valence-electron chi connectivity index (χ0n) is 14.4. The van der Waals surface area contributed by atoms with Crippen LogP contribution in [0.3, 0.4) is 0 Å². The van der Waals surface area contributed by atoms with Crippen LogP contribution in [0.25, 0.3) is 0 Å². The number of nitrogens with one attached hydrogen (secondary N) is 1. The van der Waals surface area contributed by atoms with Crippen molar-refractivity contribution in [3.05, 3.63) is 58.6 Å². The number of hydrogen-bond acceptors (Lipinski definition) is 3. The first-order valence-corrected chi connectivity index (χ1v) is 10.5. The minimum atomic E-state index is -3.63. The van der Waals surface area contributed by atoms with Crippen molar-refractivity contribution in [2.24, 2.45) is 0 Å². The average Bonchev–Trinajstić information content (AvgIpc) is 2.53. The second-order valence-electron chi connectivity index (χ2n) is 5.79. The molecule has 25 heavy (non-hydrogen) atoms. The third kappa shape index (κ3) is 4.83. The van der Waals surface area contributed by atoms with Crippen LogP contribution in [-0.2, 0) is 14.8 Å². The summed E-state index contributed by atoms with van der Waals surface area (Å²) in [7, 11) is -3.63. The van der Waals surface area contributed by atoms with Crippen molar-refractivity contribution in [2.75, 3.05) is 15.9 Å². The molecule has 0 saturated heterocycles. The lowest BCUT2D eigenvalue weighted by Crippen LogP contribution is -2.47. The van der Waals surface area contributed by atoms with E-state index in [4.69, 9.17) is 0 Å². The number of nitrogens with zero attached hydrogens (tertiary/aromatic N) is 1. The number of amides is 1. The van der Waals surface area contributed by atoms with E-state index in [9.17, 15) is 13.2 Å². The summed E-state index contributed by atoms with van der Waals surface area (Å²) in [5.74, 6) is -0.374. The molecule has 0 heterocycles. The Bertz CT molecular complexity index is 868. The van der Waals surface area contributed by atoms with Crippen molar-refractivity contribution in [1.29, 1.82) is 0 Å². The Morgan fingerprint density at radius 1 is 1.20 bits per heavy atom. The molecule has 1 amide bonds. The fraction of sp³-hybridized carbons (Fsp3) is 0.278. The van der Waals surface area contributed by atoms with E-state index in [-0.39, 0.29) is 5.91 Å². The van der Waals surface area contributed by atoms with Crippen molar-refractivity contribution >= 4 is 43.2 Å². The quantitative estimate of drug-likeness (QED) is 0.763. The Balaban J connectivity index is 2.40. The number of benzene rings is 2. The van der Waals surface area contributed by atoms with E-state index >= 15 is 0 Å². The van der Waals surface area contributed by atoms with Crippen molar-refractivity contribution < 1.29 is 13.2 Å². The molecule has 134 valence electrons. The molecule has 1 N–H and O–H groups in total. The molecule has 0 fully saturated rings. The van der Waals surface area contributed by atoms with Gasteiger partial charge in [0.05, 0.1) is 17.6 Å². The molecule has 0 bridgehead atoms. The number of halogens is 1. The summed E-state index contributed by atoms with van der Waals surface area (Å²) < 4.78 is 26.7. The van der Waals surface area contributed by atoms with E-state index in [2.05, 4.69) is 21.2 Å². The highest BCUT2D eigenvalue weighted by molar-refractivity contribution is 9.10. The highest BCUT2D eigenvalue weighted by atomic mass is 79.9. The third-order valence-electron chi connectivity index (χ3n) is 3.72. The summed E-state index contributed by atoms with van der Waals surface area (Å²) in [5, 5.41) is 2.81. The van der Waals surface area contributed by atoms with Crippen LogP contribution in [0.5, 0.6) is 0 Å². The molecule has 0 aliphatic rings. The summed E-state index contributed by atoms with van der Waals surface area (Å²) in [5.41, 5.74) is 2.01. The Morgan fingerprint density at radius 2 is 1.88 bits per heavy atom. The van der Waals surface area contributed by atoms with Gasteiger partial charge in [0, 0.05) is 4.47 Å². The molecule has 0 aliphatic carbocycles. The van der Waals surface area contributed by atoms with E-state index in [1.54, 1.807) is 37.3 Å². The normalized spacial score (nSPS) is 12.5. The number of aryl methyl sites for hydroxylation is 1. The van der Waals surface area contributed by atoms with Crippen molar-refractivity contribution in [2.45, 2.75) is 26.3 Å². The number of anilines is 2. The van der Waals surface area contributed by atoms with Gasteiger partial charge in [0.25, 0.3) is 0 Å². The summed E-state index contributed by atoms with van der Waals surface area (Å²) in [6.45, 7) is 3.67. The van der Waals surface area contributed by atoms with Gasteiger partial charge in [-0.15, -0.1) is 0 Å². The van der Waals surface area contributed by atoms with E-state index in [0.29, 0.717) is 17.8 Å². The van der Waals surface area contributed by atoms with Gasteiger partial charge in [-0.1, -0.05) is 31.2 Å². The fourth-order valence-corrected chi connectivity index (χ4v) is 4.19. The van der Waals surface area contributed by atoms with E-state index in [1.807, 2.05) is 25.1 Å². The number of carbonyl (C=O) groups excluding carboxylic acids is 1. The predicted octanol–water partition coefficient (Wildman–Crippen LogP) is 3.94. The first-order valence-electron chi connectivity index (χ1n) is 7.85. The van der Waals surface area contributed by atoms with Crippen LogP contribution in [-0.4, -0.2) is 26.6 Å². The van der Waals surface area contributed by atoms with Gasteiger partial charge in [0.15, 0.2) is 0 Å². The van der Waals surface area contributed by atoms with E-state index < -0.39 is 16.1 Å². The van der Waals surface area contributed by atoms with Crippen LogP contribution >= 0.6 is 15.9 Å². The lowest BCUT2D eigenvalue weighted by molar-refractivity contribution is -0.117. The smallest absolute Gasteiger partial charge is 0.248 e. The molecule has 5 nitrogen and oxygen atoms in total. The molecule has 2 aromatic rings.